The van der Waals surface area contributed by atoms with E-state index in [0.29, 0.717) is 90.7 Å². The number of nitrogens with zero attached hydrogens (tertiary/aromatic N) is 13. The molecule has 586 valence electrons. The third-order valence-electron chi connectivity index (χ3n) is 21.5. The zero-order valence-corrected chi connectivity index (χ0v) is 66.3. The number of hydrogen-bond acceptors (Lipinski definition) is 21. The van der Waals surface area contributed by atoms with Crippen LogP contribution in [0, 0.1) is 23.7 Å². The lowest BCUT2D eigenvalue weighted by molar-refractivity contribution is -0.126. The summed E-state index contributed by atoms with van der Waals surface area (Å²) in [6, 6.07) is 35.8. The molecule has 0 N–H and O–H groups in total. The van der Waals surface area contributed by atoms with Gasteiger partial charge in [-0.2, -0.15) is 19.9 Å². The van der Waals surface area contributed by atoms with Gasteiger partial charge in [0.1, 0.15) is 29.7 Å². The smallest absolute Gasteiger partial charge is 0.410 e. The summed E-state index contributed by atoms with van der Waals surface area (Å²) in [4.78, 5) is 75.1. The average molecular weight is 1550 g/mol. The Balaban J connectivity index is 0.000000184. The number of piperidine rings is 2. The lowest BCUT2D eigenvalue weighted by atomic mass is 10.0. The number of aromatic nitrogens is 4. The second kappa shape index (κ2) is 41.1. The Morgan fingerprint density at radius 3 is 1.36 bits per heavy atom. The van der Waals surface area contributed by atoms with Crippen LogP contribution in [-0.4, -0.2) is 232 Å². The molecule has 23 nitrogen and oxygen atoms in total. The van der Waals surface area contributed by atoms with Crippen molar-refractivity contribution in [3.05, 3.63) is 157 Å². The molecule has 8 aliphatic rings. The van der Waals surface area contributed by atoms with Crippen LogP contribution in [0.2, 0.25) is 0 Å². The minimum Gasteiger partial charge on any atom is -0.467 e. The molecule has 2 aromatic heterocycles. The van der Waals surface area contributed by atoms with Crippen molar-refractivity contribution in [1.82, 2.24) is 44.4 Å². The van der Waals surface area contributed by atoms with Gasteiger partial charge in [-0.25, -0.2) is 4.79 Å². The van der Waals surface area contributed by atoms with E-state index in [1.807, 2.05) is 35.2 Å². The predicted molar refractivity (Wildman–Crippen MR) is 433 cm³/mol. The third kappa shape index (κ3) is 22.7. The van der Waals surface area contributed by atoms with Crippen LogP contribution in [-0.2, 0) is 56.3 Å². The Hall–Kier alpha value is -8.26. The van der Waals surface area contributed by atoms with E-state index in [0.717, 1.165) is 149 Å². The fraction of sp³-hybridized carbons (Fsp3) is 0.506. The summed E-state index contributed by atoms with van der Waals surface area (Å²) in [5.74, 6) is 7.14. The predicted octanol–water partition coefficient (Wildman–Crippen LogP) is 12.8. The summed E-state index contributed by atoms with van der Waals surface area (Å²) in [5.41, 5.74) is 7.50. The molecule has 15 rings (SSSR count). The average Bonchev–Trinajstić information content (AvgIpc) is 1.76. The molecule has 8 heterocycles. The quantitative estimate of drug-likeness (QED) is 0.0155. The van der Waals surface area contributed by atoms with Crippen LogP contribution in [0.25, 0.3) is 21.5 Å². The lowest BCUT2D eigenvalue weighted by Crippen LogP contribution is -2.49. The van der Waals surface area contributed by atoms with E-state index in [4.69, 9.17) is 87.9 Å². The van der Waals surface area contributed by atoms with Crippen molar-refractivity contribution < 1.29 is 47.5 Å². The van der Waals surface area contributed by atoms with Gasteiger partial charge < -0.3 is 77.3 Å². The molecule has 6 aliphatic heterocycles. The van der Waals surface area contributed by atoms with Gasteiger partial charge in [-0.1, -0.05) is 113 Å². The van der Waals surface area contributed by atoms with Crippen LogP contribution in [0.3, 0.4) is 0 Å². The Morgan fingerprint density at radius 2 is 0.954 bits per heavy atom. The van der Waals surface area contributed by atoms with E-state index in [1.165, 1.54) is 81.1 Å². The van der Waals surface area contributed by atoms with Crippen LogP contribution < -0.4 is 38.5 Å². The number of methoxy groups -OCH3 is 2. The molecule has 0 radical (unpaired) electrons. The Bertz CT molecular complexity index is 4110. The van der Waals surface area contributed by atoms with E-state index in [1.54, 1.807) is 19.1 Å². The highest BCUT2D eigenvalue weighted by Gasteiger charge is 2.45. The van der Waals surface area contributed by atoms with Crippen molar-refractivity contribution >= 4 is 96.6 Å². The molecule has 5 aromatic carbocycles. The van der Waals surface area contributed by atoms with Gasteiger partial charge in [-0.3, -0.25) is 9.59 Å². The maximum Gasteiger partial charge on any atom is 0.410 e. The molecule has 0 spiro atoms. The van der Waals surface area contributed by atoms with Gasteiger partial charge in [0, 0.05) is 164 Å². The molecule has 2 aliphatic carbocycles. The first-order chi connectivity index (χ1) is 53.2. The minimum atomic E-state index is -0.509. The maximum atomic E-state index is 12.9. The first-order valence-electron chi connectivity index (χ1n) is 38.6. The third-order valence-corrected chi connectivity index (χ3v) is 21.6. The summed E-state index contributed by atoms with van der Waals surface area (Å²) >= 11 is 14.2. The van der Waals surface area contributed by atoms with Crippen LogP contribution in [0.4, 0.5) is 27.8 Å². The fourth-order valence-corrected chi connectivity index (χ4v) is 15.4. The number of piperazine rings is 2. The van der Waals surface area contributed by atoms with Crippen molar-refractivity contribution in [2.24, 2.45) is 23.7 Å². The Kier molecular flexibility index (Phi) is 30.8. The number of rotatable bonds is 27. The second-order valence-corrected chi connectivity index (χ2v) is 29.7. The number of fused-ring (bicyclic) bond motifs is 6. The van der Waals surface area contributed by atoms with Crippen molar-refractivity contribution in [3.63, 3.8) is 0 Å². The Morgan fingerprint density at radius 1 is 0.532 bits per heavy atom. The van der Waals surface area contributed by atoms with E-state index in [9.17, 15) is 14.4 Å². The molecule has 2 saturated carbocycles. The highest BCUT2D eigenvalue weighted by Crippen LogP contribution is 2.46. The maximum absolute atomic E-state index is 12.9. The van der Waals surface area contributed by atoms with Crippen LogP contribution >= 0.6 is 34.8 Å². The molecule has 109 heavy (non-hydrogen) atoms. The highest BCUT2D eigenvalue weighted by molar-refractivity contribution is 6.66. The van der Waals surface area contributed by atoms with Crippen molar-refractivity contribution in [2.75, 3.05) is 190 Å². The SMILES string of the molecule is C=CC(=O)Cl.C=CC(=O)N1CCN(c2nc(OCCCN3CC4CC4C3)nc3c2CCN(c2cc(OCOC)cc4ccccc24)C3)CC1.CCN(CC)CC.COCOc1cc(N2CCc3c(nc(OCCCN4CC5CC5C4)nc3N3CCN(C(=O)OCc4ccccc4)CC3)C2)c2ccccc2c1.ClCCl. The standard InChI is InChI=1S/C39H46N6O5.C34H42N6O4.C6H15N.C3H3ClO.CH2Cl2/c1-47-27-50-32-21-29-10-5-6-11-33(29)36(22-32)45-14-12-34-35(25-45)40-38(48-19-7-13-42-23-30-20-31(30)24-42)41-37(34)43-15-17-44(18-16-43)39(46)49-26-28-8-3-2-4-9-28;1-3-32(41)38-12-14-39(15-13-38)33-29-9-11-40(31-19-27(44-23-42-2)18-24-7-4-5-8-28(24)31)22-30(29)35-34(36-33)43-16-6-10-37-20-25-17-26(25)21-37;1-4-7(5-2)6-3;1-2-3(4)5;2-1-3/h2-6,8-11,21-22,30-31H,7,12-20,23-27H2,1H3;3-5,7-8,18-19,25-26H,1,6,9-17,20-23H2,2H3;4-6H2,1-3H3;2H,1H2;1H2. The fourth-order valence-electron chi connectivity index (χ4n) is 15.4. The lowest BCUT2D eigenvalue weighted by Gasteiger charge is -2.38. The van der Waals surface area contributed by atoms with Crippen molar-refractivity contribution in [3.8, 4) is 23.5 Å². The molecule has 4 unspecified atom stereocenters. The molecular formula is C83H108Cl3N13O10. The van der Waals surface area contributed by atoms with Gasteiger partial charge >= 0.3 is 18.1 Å². The number of amides is 2. The zero-order chi connectivity index (χ0) is 76.6. The number of likely N-dealkylation sites (tertiary alicyclic amines) is 2. The van der Waals surface area contributed by atoms with Crippen LogP contribution in [0.5, 0.6) is 23.5 Å². The first-order valence-corrected chi connectivity index (χ1v) is 40.0. The van der Waals surface area contributed by atoms with Crippen molar-refractivity contribution in [1.29, 1.82) is 0 Å². The molecule has 7 aromatic rings. The number of carbonyl (C=O) groups is 3. The number of ether oxygens (including phenoxy) is 7. The minimum absolute atomic E-state index is 0.0201. The molecule has 4 atom stereocenters. The number of halogens is 3. The summed E-state index contributed by atoms with van der Waals surface area (Å²) in [6.07, 6.45) is 8.51. The number of carbonyl (C=O) groups excluding carboxylic acids is 3. The number of allylic oxidation sites excluding steroid dienone is 1. The topological polar surface area (TPSA) is 197 Å². The zero-order valence-electron chi connectivity index (χ0n) is 64.1. The molecule has 26 heteroatoms. The first kappa shape index (κ1) is 81.7. The number of alkyl halides is 2. The number of hydrogen-bond donors (Lipinski definition) is 0. The Labute approximate surface area is 657 Å². The normalized spacial score (nSPS) is 18.9. The van der Waals surface area contributed by atoms with Gasteiger partial charge in [-0.15, -0.1) is 23.2 Å². The summed E-state index contributed by atoms with van der Waals surface area (Å²) in [6.45, 7) is 33.8. The van der Waals surface area contributed by atoms with Gasteiger partial charge in [0.15, 0.2) is 13.6 Å². The summed E-state index contributed by atoms with van der Waals surface area (Å²) < 4.78 is 40.3. The van der Waals surface area contributed by atoms with E-state index in [2.05, 4.69) is 141 Å². The number of anilines is 4. The van der Waals surface area contributed by atoms with E-state index < -0.39 is 5.24 Å². The summed E-state index contributed by atoms with van der Waals surface area (Å²) in [7, 11) is 3.26. The van der Waals surface area contributed by atoms with Gasteiger partial charge in [-0.05, 0) is 134 Å². The molecule has 2 amide bonds. The van der Waals surface area contributed by atoms with Crippen LogP contribution in [0.1, 0.15) is 74.5 Å². The van der Waals surface area contributed by atoms with Gasteiger partial charge in [0.05, 0.1) is 43.0 Å². The van der Waals surface area contributed by atoms with Gasteiger partial charge in [0.2, 0.25) is 11.1 Å². The number of benzene rings is 5. The van der Waals surface area contributed by atoms with Crippen molar-refractivity contribution in [2.45, 2.75) is 79.0 Å². The second-order valence-electron chi connectivity index (χ2n) is 28.5. The van der Waals surface area contributed by atoms with E-state index >= 15 is 0 Å². The largest absolute Gasteiger partial charge is 0.467 e. The highest BCUT2D eigenvalue weighted by atomic mass is 35.5. The van der Waals surface area contributed by atoms with Gasteiger partial charge in [0.25, 0.3) is 0 Å². The van der Waals surface area contributed by atoms with Crippen LogP contribution in [0.15, 0.2) is 128 Å². The molecular weight excluding hydrogens is 1450 g/mol. The molecule has 6 fully saturated rings. The molecule has 0 bridgehead atoms. The summed E-state index contributed by atoms with van der Waals surface area (Å²) in [5, 5.41) is 4.27. The monoisotopic (exact) mass is 1550 g/mol. The molecule has 4 saturated heterocycles. The van der Waals surface area contributed by atoms with E-state index in [-0.39, 0.29) is 37.5 Å².